The number of hydrogen-bond donors (Lipinski definition) is 3. The van der Waals surface area contributed by atoms with Crippen molar-refractivity contribution in [2.75, 3.05) is 109 Å². The summed E-state index contributed by atoms with van der Waals surface area (Å²) in [4.78, 5) is 90.1. The summed E-state index contributed by atoms with van der Waals surface area (Å²) in [5.74, 6) is 2.53. The van der Waals surface area contributed by atoms with E-state index in [1.807, 2.05) is 80.5 Å². The Hall–Kier alpha value is -10.9. The van der Waals surface area contributed by atoms with Gasteiger partial charge in [-0.2, -0.15) is 0 Å². The first-order chi connectivity index (χ1) is 56.0. The number of amides is 3. The Morgan fingerprint density at radius 1 is 0.378 bits per heavy atom. The van der Waals surface area contributed by atoms with E-state index in [1.54, 1.807) is 74.8 Å². The summed E-state index contributed by atoms with van der Waals surface area (Å²) in [5.41, 5.74) is -0.899. The molecule has 3 atom stereocenters. The minimum absolute atomic E-state index is 0.000154. The van der Waals surface area contributed by atoms with Gasteiger partial charge in [0.05, 0.1) is 70.0 Å². The Bertz CT molecular complexity index is 5240. The molecular weight excluding hydrogens is 1550 g/mol. The summed E-state index contributed by atoms with van der Waals surface area (Å²) in [6.45, 7) is 35.9. The zero-order valence-corrected chi connectivity index (χ0v) is 69.7. The Morgan fingerprint density at radius 3 is 1.00 bits per heavy atom. The molecule has 0 radical (unpaired) electrons. The fourth-order valence-electron chi connectivity index (χ4n) is 16.4. The van der Waals surface area contributed by atoms with E-state index in [9.17, 15) is 53.9 Å². The zero-order valence-electron chi connectivity index (χ0n) is 69.7. The molecule has 3 aromatic carbocycles. The molecule has 3 spiro atoms. The van der Waals surface area contributed by atoms with E-state index < -0.39 is 88.3 Å². The Kier molecular flexibility index (Phi) is 24.4. The van der Waals surface area contributed by atoms with E-state index in [0.29, 0.717) is 107 Å². The fraction of sp³-hybridized carbons (Fsp3) is 0.512. The van der Waals surface area contributed by atoms with Crippen LogP contribution in [0.25, 0.3) is 32.7 Å². The van der Waals surface area contributed by atoms with Crippen LogP contribution in [0.1, 0.15) is 203 Å². The third-order valence-corrected chi connectivity index (χ3v) is 22.5. The molecule has 6 fully saturated rings. The van der Waals surface area contributed by atoms with Crippen LogP contribution in [-0.4, -0.2) is 173 Å². The highest BCUT2D eigenvalue weighted by Crippen LogP contribution is 2.47. The van der Waals surface area contributed by atoms with Gasteiger partial charge in [-0.15, -0.1) is 0 Å². The van der Waals surface area contributed by atoms with Crippen molar-refractivity contribution in [2.45, 2.75) is 190 Å². The van der Waals surface area contributed by atoms with Crippen LogP contribution in [0.5, 0.6) is 0 Å². The second-order valence-electron chi connectivity index (χ2n) is 35.4. The fourth-order valence-corrected chi connectivity index (χ4v) is 16.4. The molecule has 24 nitrogen and oxygen atoms in total. The zero-order chi connectivity index (χ0) is 85.8. The molecular formula is C86H103F9N18O6. The van der Waals surface area contributed by atoms with Gasteiger partial charge in [-0.1, -0.05) is 54.6 Å². The second-order valence-corrected chi connectivity index (χ2v) is 35.4. The van der Waals surface area contributed by atoms with Crippen molar-refractivity contribution in [1.29, 1.82) is 0 Å². The van der Waals surface area contributed by atoms with Crippen molar-refractivity contribution in [1.82, 2.24) is 59.6 Å². The average Bonchev–Trinajstić information content (AvgIpc) is 1.57. The van der Waals surface area contributed by atoms with Gasteiger partial charge >= 0.3 is 18.3 Å². The molecule has 0 unspecified atom stereocenters. The third kappa shape index (κ3) is 19.5. The smallest absolute Gasteiger partial charge is 0.410 e. The van der Waals surface area contributed by atoms with Crippen molar-refractivity contribution >= 4 is 85.9 Å². The van der Waals surface area contributed by atoms with Crippen molar-refractivity contribution < 1.29 is 68.1 Å². The number of rotatable bonds is 15. The average molecular weight is 1660 g/mol. The summed E-state index contributed by atoms with van der Waals surface area (Å²) in [6, 6.07) is 15.9. The largest absolute Gasteiger partial charge is 0.444 e. The number of nitrogens with zero attached hydrogens (tertiary/aromatic N) is 15. The van der Waals surface area contributed by atoms with Gasteiger partial charge < -0.3 is 59.6 Å². The quantitative estimate of drug-likeness (QED) is 0.0637. The van der Waals surface area contributed by atoms with Crippen LogP contribution < -0.4 is 30.7 Å². The molecule has 15 rings (SSSR count). The van der Waals surface area contributed by atoms with Gasteiger partial charge in [-0.3, -0.25) is 0 Å². The molecule has 0 aliphatic carbocycles. The molecule has 12 heterocycles. The van der Waals surface area contributed by atoms with Crippen molar-refractivity contribution in [3.63, 3.8) is 0 Å². The van der Waals surface area contributed by atoms with Gasteiger partial charge in [0.15, 0.2) is 0 Å². The van der Waals surface area contributed by atoms with Crippen LogP contribution in [0.4, 0.5) is 88.8 Å². The van der Waals surface area contributed by atoms with Crippen LogP contribution in [0, 0.1) is 54.5 Å². The van der Waals surface area contributed by atoms with E-state index >= 15 is 0 Å². The predicted molar refractivity (Wildman–Crippen MR) is 437 cm³/mol. The lowest BCUT2D eigenvalue weighted by molar-refractivity contribution is -0.0435. The van der Waals surface area contributed by atoms with Crippen molar-refractivity contribution in [3.8, 4) is 0 Å². The van der Waals surface area contributed by atoms with Crippen LogP contribution in [-0.2, 0) is 14.2 Å². The monoisotopic (exact) mass is 1650 g/mol. The highest BCUT2D eigenvalue weighted by Gasteiger charge is 2.52. The first-order valence-electron chi connectivity index (χ1n) is 40.1. The predicted octanol–water partition coefficient (Wildman–Crippen LogP) is 18.9. The van der Waals surface area contributed by atoms with Gasteiger partial charge in [-0.25, -0.2) is 98.8 Å². The molecule has 9 aromatic rings. The van der Waals surface area contributed by atoms with Crippen LogP contribution >= 0.6 is 0 Å². The lowest BCUT2D eigenvalue weighted by atomic mass is 9.72. The number of alkyl halides is 6. The van der Waals surface area contributed by atoms with Gasteiger partial charge in [-0.05, 0) is 154 Å². The van der Waals surface area contributed by atoms with Crippen LogP contribution in [0.3, 0.4) is 0 Å². The number of carbonyl (C=O) groups is 3. The molecule has 6 aliphatic rings. The number of halogens is 9. The van der Waals surface area contributed by atoms with E-state index in [0.717, 1.165) is 107 Å². The van der Waals surface area contributed by atoms with Crippen LogP contribution in [0.2, 0.25) is 0 Å². The number of likely N-dealkylation sites (tertiary alicyclic amines) is 3. The van der Waals surface area contributed by atoms with Crippen molar-refractivity contribution in [3.05, 3.63) is 160 Å². The molecule has 0 saturated carbocycles. The summed E-state index contributed by atoms with van der Waals surface area (Å²) in [6.07, 6.45) is 0.154. The highest BCUT2D eigenvalue weighted by molar-refractivity contribution is 5.93. The van der Waals surface area contributed by atoms with Gasteiger partial charge in [0.2, 0.25) is 0 Å². The number of carbonyl (C=O) groups excluding carboxylic acids is 3. The SMILES string of the molecule is Cc1nc(N[C@H](C)c2cccc(C(F)F)c2F)c2cc(N3CC4(CCN(C(=O)OC(C)(C)C)CC4)C3)ncc2n1.Cc1nc(N[C@H](C)c2cccc(C(F)F)c2F)c2cc(N3CCC4(CC3)CN(C(=O)OC(C)(C)C)C4)ncc2n1.Cc1nc(N[C@H](C)c2cccc(C(F)F)c2F)c2cc(N3CCC4(CN(C(=O)OC(C)(C)C)C4)C3)ncc2n1. The van der Waals surface area contributed by atoms with Crippen molar-refractivity contribution in [2.24, 2.45) is 16.2 Å². The second kappa shape index (κ2) is 33.7. The number of aryl methyl sites for hydroxylation is 3. The van der Waals surface area contributed by atoms with Crippen LogP contribution in [0.15, 0.2) is 91.4 Å². The number of hydrogen-bond acceptors (Lipinski definition) is 21. The maximum Gasteiger partial charge on any atom is 0.410 e. The minimum Gasteiger partial charge on any atom is -0.444 e. The standard InChI is InChI=1S/2C29H35F3N6O2.C28H33F3N6O2/c1-17(19-7-6-8-20(24(19)30)25(31)32)34-26-21-13-23(33-14-22(21)35-18(2)36-26)38-15-29(16-38)9-11-37(12-10-29)27(39)40-28(3,4)5;1-17(19-7-6-8-20(24(19)30)25(31)32)34-26-21-13-23(33-14-22(21)35-18(2)36-26)37-11-9-29(10-12-37)15-38(16-29)27(39)40-28(3,4)5;1-16(18-7-6-8-19(23(18)29)24(30)31)33-25-20-11-22(32-12-21(20)34-17(2)35-25)36-10-9-28(13-36)14-37(15-28)26(38)39-27(3,4)5/h2*6-8,13-14,17,25H,9-12,15-16H2,1-5H3,(H,34,35,36);6-8,11-12,16,24H,9-10,13-15H2,1-5H3,(H,33,34,35)/t2*17-;16-/m111/s1. The topological polar surface area (TPSA) is 250 Å². The minimum atomic E-state index is -2.90. The number of pyridine rings is 3. The van der Waals surface area contributed by atoms with E-state index in [-0.39, 0.29) is 51.2 Å². The lowest BCUT2D eigenvalue weighted by Gasteiger charge is -2.54. The molecule has 3 amide bonds. The number of ether oxygens (including phenoxy) is 3. The number of aromatic nitrogens is 9. The lowest BCUT2D eigenvalue weighted by Crippen LogP contribution is -2.62. The van der Waals surface area contributed by atoms with E-state index in [2.05, 4.69) is 75.5 Å². The first kappa shape index (κ1) is 86.0. The molecule has 6 saturated heterocycles. The summed E-state index contributed by atoms with van der Waals surface area (Å²) in [7, 11) is 0. The highest BCUT2D eigenvalue weighted by atomic mass is 19.3. The Balaban J connectivity index is 0.000000155. The van der Waals surface area contributed by atoms with Gasteiger partial charge in [0, 0.05) is 128 Å². The van der Waals surface area contributed by atoms with Gasteiger partial charge in [0.25, 0.3) is 19.3 Å². The number of benzene rings is 3. The molecule has 3 N–H and O–H groups in total. The van der Waals surface area contributed by atoms with E-state index in [1.165, 1.54) is 36.4 Å². The molecule has 636 valence electrons. The maximum absolute atomic E-state index is 14.8. The third-order valence-electron chi connectivity index (χ3n) is 22.5. The molecule has 6 aromatic heterocycles. The molecule has 6 aliphatic heterocycles. The molecule has 119 heavy (non-hydrogen) atoms. The summed E-state index contributed by atoms with van der Waals surface area (Å²) < 4.78 is 140. The number of fused-ring (bicyclic) bond motifs is 3. The number of anilines is 6. The summed E-state index contributed by atoms with van der Waals surface area (Å²) >= 11 is 0. The normalized spacial score (nSPS) is 17.7. The number of piperidine rings is 2. The molecule has 33 heteroatoms. The molecule has 0 bridgehead atoms. The first-order valence-corrected chi connectivity index (χ1v) is 40.1. The number of nitrogens with one attached hydrogen (secondary N) is 3. The maximum atomic E-state index is 14.8. The van der Waals surface area contributed by atoms with Gasteiger partial charge in [0.1, 0.15) is 86.6 Å². The summed E-state index contributed by atoms with van der Waals surface area (Å²) in [5, 5.41) is 11.8. The Labute approximate surface area is 685 Å². The Morgan fingerprint density at radius 2 is 0.655 bits per heavy atom. The van der Waals surface area contributed by atoms with E-state index in [4.69, 9.17) is 14.2 Å².